The molecule has 0 aromatic heterocycles. The number of piperidine rings is 1. The lowest BCUT2D eigenvalue weighted by Gasteiger charge is -2.32. The minimum atomic E-state index is -0.958. The Hall–Kier alpha value is -1.30. The first kappa shape index (κ1) is 18.7. The molecule has 0 saturated carbocycles. The van der Waals surface area contributed by atoms with E-state index in [9.17, 15) is 4.79 Å². The van der Waals surface area contributed by atoms with Gasteiger partial charge >= 0.3 is 5.97 Å². The summed E-state index contributed by atoms with van der Waals surface area (Å²) < 4.78 is 11.3. The fraction of sp³-hybridized carbons (Fsp3) is 0.562. The molecule has 1 fully saturated rings. The van der Waals surface area contributed by atoms with Gasteiger partial charge in [0.15, 0.2) is 0 Å². The molecule has 1 aromatic rings. The number of carboxylic acids is 1. The van der Waals surface area contributed by atoms with Crippen molar-refractivity contribution in [2.75, 3.05) is 32.8 Å². The van der Waals surface area contributed by atoms with Gasteiger partial charge in [0.2, 0.25) is 0 Å². The van der Waals surface area contributed by atoms with Crippen molar-refractivity contribution in [3.8, 4) is 5.75 Å². The van der Waals surface area contributed by atoms with Crippen LogP contribution in [0.4, 0.5) is 0 Å². The average Bonchev–Trinajstić information content (AvgIpc) is 2.48. The topological polar surface area (TPSA) is 59.0 Å². The van der Waals surface area contributed by atoms with Crippen molar-refractivity contribution in [2.24, 2.45) is 0 Å². The van der Waals surface area contributed by atoms with E-state index in [-0.39, 0.29) is 18.0 Å². The van der Waals surface area contributed by atoms with E-state index in [1.807, 2.05) is 6.92 Å². The van der Waals surface area contributed by atoms with Gasteiger partial charge in [0, 0.05) is 19.7 Å². The number of ether oxygens (including phenoxy) is 2. The molecule has 0 aliphatic carbocycles. The summed E-state index contributed by atoms with van der Waals surface area (Å²) in [5.41, 5.74) is 0.211. The minimum absolute atomic E-state index is 0. The Morgan fingerprint density at radius 2 is 2.18 bits per heavy atom. The molecule has 22 heavy (non-hydrogen) atoms. The summed E-state index contributed by atoms with van der Waals surface area (Å²) >= 11 is 0. The molecule has 1 aromatic carbocycles. The number of aromatic carboxylic acids is 1. The lowest BCUT2D eigenvalue weighted by molar-refractivity contribution is 0.00302. The predicted octanol–water partition coefficient (Wildman–Crippen LogP) is 2.69. The van der Waals surface area contributed by atoms with E-state index in [1.165, 1.54) is 0 Å². The Bertz CT molecular complexity index is 467. The van der Waals surface area contributed by atoms with E-state index < -0.39 is 5.97 Å². The van der Waals surface area contributed by atoms with Crippen LogP contribution >= 0.6 is 12.4 Å². The summed E-state index contributed by atoms with van der Waals surface area (Å²) in [5, 5.41) is 9.10. The van der Waals surface area contributed by atoms with Crippen LogP contribution in [0.3, 0.4) is 0 Å². The van der Waals surface area contributed by atoms with Gasteiger partial charge in [0.25, 0.3) is 0 Å². The van der Waals surface area contributed by atoms with Crippen molar-refractivity contribution >= 4 is 18.4 Å². The number of nitrogens with zero attached hydrogens (tertiary/aromatic N) is 1. The maximum atomic E-state index is 11.1. The highest BCUT2D eigenvalue weighted by Gasteiger charge is 2.19. The summed E-state index contributed by atoms with van der Waals surface area (Å²) in [4.78, 5) is 13.4. The molecule has 0 amide bonds. The molecule has 2 rings (SSSR count). The SMILES string of the molecule is CCOC1CCCN(CCOc2ccccc2C(=O)O)C1.Cl. The van der Waals surface area contributed by atoms with Crippen molar-refractivity contribution in [3.05, 3.63) is 29.8 Å². The minimum Gasteiger partial charge on any atom is -0.491 e. The van der Waals surface area contributed by atoms with Crippen LogP contribution in [0.5, 0.6) is 5.75 Å². The number of hydrogen-bond acceptors (Lipinski definition) is 4. The first-order valence-electron chi connectivity index (χ1n) is 7.49. The normalized spacial score (nSPS) is 18.5. The van der Waals surface area contributed by atoms with Gasteiger partial charge in [-0.05, 0) is 38.4 Å². The maximum Gasteiger partial charge on any atom is 0.339 e. The highest BCUT2D eigenvalue weighted by atomic mass is 35.5. The highest BCUT2D eigenvalue weighted by molar-refractivity contribution is 5.90. The van der Waals surface area contributed by atoms with Gasteiger partial charge in [-0.25, -0.2) is 4.79 Å². The summed E-state index contributed by atoms with van der Waals surface area (Å²) in [6.07, 6.45) is 2.57. The molecule has 124 valence electrons. The number of hydrogen-bond donors (Lipinski definition) is 1. The van der Waals surface area contributed by atoms with Gasteiger partial charge in [-0.15, -0.1) is 12.4 Å². The lowest BCUT2D eigenvalue weighted by Crippen LogP contribution is -2.41. The standard InChI is InChI=1S/C16H23NO4.ClH/c1-2-20-13-6-5-9-17(12-13)10-11-21-15-8-4-3-7-14(15)16(18)19;/h3-4,7-8,13H,2,5-6,9-12H2,1H3,(H,18,19);1H. The molecular weight excluding hydrogens is 306 g/mol. The number of benzene rings is 1. The number of halogens is 1. The fourth-order valence-electron chi connectivity index (χ4n) is 2.64. The van der Waals surface area contributed by atoms with Crippen molar-refractivity contribution in [2.45, 2.75) is 25.9 Å². The van der Waals surface area contributed by atoms with E-state index in [1.54, 1.807) is 24.3 Å². The Morgan fingerprint density at radius 3 is 2.91 bits per heavy atom. The summed E-state index contributed by atoms with van der Waals surface area (Å²) in [6, 6.07) is 6.74. The molecule has 0 bridgehead atoms. The Kier molecular flexibility index (Phi) is 8.24. The molecule has 5 nitrogen and oxygen atoms in total. The van der Waals surface area contributed by atoms with Gasteiger partial charge < -0.3 is 14.6 Å². The van der Waals surface area contributed by atoms with Gasteiger partial charge in [-0.1, -0.05) is 12.1 Å². The third-order valence-corrected chi connectivity index (χ3v) is 3.65. The second-order valence-electron chi connectivity index (χ2n) is 5.17. The first-order chi connectivity index (χ1) is 10.2. The van der Waals surface area contributed by atoms with Gasteiger partial charge in [-0.3, -0.25) is 4.90 Å². The summed E-state index contributed by atoms with van der Waals surface area (Å²) in [5.74, 6) is -0.525. The van der Waals surface area contributed by atoms with Crippen LogP contribution in [-0.4, -0.2) is 54.9 Å². The van der Waals surface area contributed by atoms with Crippen molar-refractivity contribution in [1.82, 2.24) is 4.90 Å². The van der Waals surface area contributed by atoms with E-state index in [0.29, 0.717) is 18.5 Å². The molecule has 1 N–H and O–H groups in total. The Labute approximate surface area is 137 Å². The molecule has 1 atom stereocenters. The van der Waals surface area contributed by atoms with Crippen LogP contribution in [0.15, 0.2) is 24.3 Å². The quantitative estimate of drug-likeness (QED) is 0.833. The number of rotatable bonds is 7. The number of likely N-dealkylation sites (tertiary alicyclic amines) is 1. The molecule has 1 saturated heterocycles. The van der Waals surface area contributed by atoms with E-state index in [0.717, 1.165) is 39.1 Å². The van der Waals surface area contributed by atoms with Gasteiger partial charge in [0.1, 0.15) is 17.9 Å². The largest absolute Gasteiger partial charge is 0.491 e. The molecule has 0 radical (unpaired) electrons. The molecule has 0 spiro atoms. The average molecular weight is 330 g/mol. The van der Waals surface area contributed by atoms with Gasteiger partial charge in [-0.2, -0.15) is 0 Å². The second-order valence-corrected chi connectivity index (χ2v) is 5.17. The molecular formula is C16H24ClNO4. The number of carboxylic acid groups (broad SMARTS) is 1. The molecule has 1 aliphatic rings. The van der Waals surface area contributed by atoms with Crippen molar-refractivity contribution < 1.29 is 19.4 Å². The second kappa shape index (κ2) is 9.66. The zero-order valence-corrected chi connectivity index (χ0v) is 13.7. The molecule has 1 aliphatic heterocycles. The zero-order valence-electron chi connectivity index (χ0n) is 12.9. The van der Waals surface area contributed by atoms with E-state index in [2.05, 4.69) is 4.90 Å². The summed E-state index contributed by atoms with van der Waals surface area (Å²) in [6.45, 7) is 6.03. The number of para-hydroxylation sites is 1. The number of carbonyl (C=O) groups is 1. The van der Waals surface area contributed by atoms with Crippen LogP contribution < -0.4 is 4.74 Å². The van der Waals surface area contributed by atoms with E-state index >= 15 is 0 Å². The monoisotopic (exact) mass is 329 g/mol. The maximum absolute atomic E-state index is 11.1. The fourth-order valence-corrected chi connectivity index (χ4v) is 2.64. The molecule has 6 heteroatoms. The van der Waals surface area contributed by atoms with Crippen molar-refractivity contribution in [1.29, 1.82) is 0 Å². The van der Waals surface area contributed by atoms with Crippen LogP contribution in [0.2, 0.25) is 0 Å². The summed E-state index contributed by atoms with van der Waals surface area (Å²) in [7, 11) is 0. The van der Waals surface area contributed by atoms with Crippen molar-refractivity contribution in [3.63, 3.8) is 0 Å². The third kappa shape index (κ3) is 5.48. The van der Waals surface area contributed by atoms with Crippen LogP contribution in [-0.2, 0) is 4.74 Å². The lowest BCUT2D eigenvalue weighted by atomic mass is 10.1. The van der Waals surface area contributed by atoms with Gasteiger partial charge in [0.05, 0.1) is 6.10 Å². The van der Waals surface area contributed by atoms with Crippen LogP contribution in [0.1, 0.15) is 30.1 Å². The zero-order chi connectivity index (χ0) is 15.1. The third-order valence-electron chi connectivity index (χ3n) is 3.65. The van der Waals surface area contributed by atoms with E-state index in [4.69, 9.17) is 14.6 Å². The Morgan fingerprint density at radius 1 is 1.41 bits per heavy atom. The molecule has 1 heterocycles. The van der Waals surface area contributed by atoms with Crippen LogP contribution in [0, 0.1) is 0 Å². The molecule has 1 unspecified atom stereocenters. The predicted molar refractivity (Wildman–Crippen MR) is 87.2 cm³/mol. The van der Waals surface area contributed by atoms with Crippen LogP contribution in [0.25, 0.3) is 0 Å². The smallest absolute Gasteiger partial charge is 0.339 e. The Balaban J connectivity index is 0.00000242. The first-order valence-corrected chi connectivity index (χ1v) is 7.49. The highest BCUT2D eigenvalue weighted by Crippen LogP contribution is 2.18.